The molecule has 4 rings (SSSR count). The molecule has 0 saturated carbocycles. The lowest BCUT2D eigenvalue weighted by Crippen LogP contribution is -2.45. The van der Waals surface area contributed by atoms with Crippen LogP contribution in [0.4, 0.5) is 5.69 Å². The number of nitrogens with one attached hydrogen (secondary N) is 1. The van der Waals surface area contributed by atoms with E-state index >= 15 is 0 Å². The number of benzene rings is 2. The fourth-order valence-electron chi connectivity index (χ4n) is 4.76. The molecule has 33 heavy (non-hydrogen) atoms. The Bertz CT molecular complexity index is 1220. The van der Waals surface area contributed by atoms with Gasteiger partial charge in [0.25, 0.3) is 0 Å². The van der Waals surface area contributed by atoms with Gasteiger partial charge in [-0.05, 0) is 45.1 Å². The number of amides is 2. The van der Waals surface area contributed by atoms with Crippen molar-refractivity contribution in [2.45, 2.75) is 38.0 Å². The lowest BCUT2D eigenvalue weighted by molar-refractivity contribution is -0.124. The second kappa shape index (κ2) is 9.21. The Morgan fingerprint density at radius 3 is 2.55 bits per heavy atom. The van der Waals surface area contributed by atoms with E-state index in [-0.39, 0.29) is 24.5 Å². The molecule has 1 aliphatic heterocycles. The minimum Gasteiger partial charge on any atom is -0.408 e. The summed E-state index contributed by atoms with van der Waals surface area (Å²) in [5.41, 5.74) is 8.36. The minimum absolute atomic E-state index is 0.00450. The minimum atomic E-state index is -0.563. The van der Waals surface area contributed by atoms with Crippen molar-refractivity contribution in [3.63, 3.8) is 0 Å². The Morgan fingerprint density at radius 2 is 1.91 bits per heavy atom. The van der Waals surface area contributed by atoms with Crippen molar-refractivity contribution in [3.8, 4) is 0 Å². The normalized spacial score (nSPS) is 21.0. The SMILES string of the molecule is CCn1c(=O)oc2cc(NC(=O)CN3[C@H](C(N)=O)C[C@@H](N(C)C)[C@@H]3c3ccccc3)ccc21. The van der Waals surface area contributed by atoms with Crippen LogP contribution in [0.15, 0.2) is 57.7 Å². The lowest BCUT2D eigenvalue weighted by Gasteiger charge is -2.32. The quantitative estimate of drug-likeness (QED) is 0.566. The molecular formula is C24H29N5O4. The molecule has 174 valence electrons. The molecule has 3 atom stereocenters. The van der Waals surface area contributed by atoms with E-state index in [2.05, 4.69) is 10.2 Å². The standard InChI is InChI=1S/C24H29N5O4/c1-4-28-17-11-10-16(12-20(17)33-24(28)32)26-21(30)14-29-19(23(25)31)13-18(27(2)3)22(29)15-8-6-5-7-9-15/h5-12,18-19,22H,4,13-14H2,1-3H3,(H2,25,31)(H,26,30)/t18-,19+,22+/m1/s1. The van der Waals surface area contributed by atoms with E-state index in [9.17, 15) is 14.4 Å². The van der Waals surface area contributed by atoms with Crippen LogP contribution < -0.4 is 16.8 Å². The third-order valence-corrected chi connectivity index (χ3v) is 6.31. The average Bonchev–Trinajstić information content (AvgIpc) is 3.30. The molecule has 1 aliphatic rings. The van der Waals surface area contributed by atoms with Gasteiger partial charge in [0.1, 0.15) is 0 Å². The molecule has 9 heteroatoms. The van der Waals surface area contributed by atoms with Gasteiger partial charge in [-0.15, -0.1) is 0 Å². The number of likely N-dealkylation sites (tertiary alicyclic amines) is 1. The lowest BCUT2D eigenvalue weighted by atomic mass is 9.99. The first-order valence-electron chi connectivity index (χ1n) is 11.0. The Balaban J connectivity index is 1.59. The molecule has 2 heterocycles. The number of aryl methyl sites for hydroxylation is 1. The second-order valence-electron chi connectivity index (χ2n) is 8.56. The van der Waals surface area contributed by atoms with Crippen LogP contribution in [0.3, 0.4) is 0 Å². The van der Waals surface area contributed by atoms with Gasteiger partial charge >= 0.3 is 5.76 Å². The van der Waals surface area contributed by atoms with Gasteiger partial charge in [-0.25, -0.2) is 4.79 Å². The molecule has 1 fully saturated rings. The molecule has 0 bridgehead atoms. The van der Waals surface area contributed by atoms with Gasteiger partial charge in [-0.1, -0.05) is 30.3 Å². The van der Waals surface area contributed by atoms with Gasteiger partial charge in [-0.3, -0.25) is 19.1 Å². The van der Waals surface area contributed by atoms with Crippen molar-refractivity contribution in [1.82, 2.24) is 14.4 Å². The zero-order valence-corrected chi connectivity index (χ0v) is 19.0. The van der Waals surface area contributed by atoms with Crippen molar-refractivity contribution in [3.05, 3.63) is 64.6 Å². The maximum Gasteiger partial charge on any atom is 0.419 e. The number of anilines is 1. The number of carbonyl (C=O) groups is 2. The fraction of sp³-hybridized carbons (Fsp3) is 0.375. The summed E-state index contributed by atoms with van der Waals surface area (Å²) in [4.78, 5) is 41.2. The number of carbonyl (C=O) groups excluding carboxylic acids is 2. The van der Waals surface area contributed by atoms with Crippen molar-refractivity contribution in [2.75, 3.05) is 26.0 Å². The molecule has 0 radical (unpaired) electrons. The number of aromatic nitrogens is 1. The average molecular weight is 452 g/mol. The van der Waals surface area contributed by atoms with E-state index in [1.54, 1.807) is 18.2 Å². The molecule has 3 aromatic rings. The number of fused-ring (bicyclic) bond motifs is 1. The van der Waals surface area contributed by atoms with E-state index in [0.717, 1.165) is 5.56 Å². The van der Waals surface area contributed by atoms with E-state index in [4.69, 9.17) is 10.2 Å². The van der Waals surface area contributed by atoms with Crippen LogP contribution in [0.1, 0.15) is 24.9 Å². The summed E-state index contributed by atoms with van der Waals surface area (Å²) >= 11 is 0. The number of primary amides is 1. The number of rotatable bonds is 7. The Kier molecular flexibility index (Phi) is 6.35. The molecule has 1 aromatic heterocycles. The van der Waals surface area contributed by atoms with Crippen molar-refractivity contribution in [1.29, 1.82) is 0 Å². The highest BCUT2D eigenvalue weighted by Crippen LogP contribution is 2.38. The molecule has 9 nitrogen and oxygen atoms in total. The van der Waals surface area contributed by atoms with Crippen LogP contribution in [-0.2, 0) is 16.1 Å². The number of hydrogen-bond donors (Lipinski definition) is 2. The van der Waals surface area contributed by atoms with E-state index in [1.165, 1.54) is 4.57 Å². The van der Waals surface area contributed by atoms with Crippen molar-refractivity contribution < 1.29 is 14.0 Å². The molecule has 1 saturated heterocycles. The monoisotopic (exact) mass is 451 g/mol. The largest absolute Gasteiger partial charge is 0.419 e. The van der Waals surface area contributed by atoms with Gasteiger partial charge in [0, 0.05) is 24.3 Å². The van der Waals surface area contributed by atoms with Crippen LogP contribution in [0.2, 0.25) is 0 Å². The molecular weight excluding hydrogens is 422 g/mol. The summed E-state index contributed by atoms with van der Waals surface area (Å²) < 4.78 is 6.81. The summed E-state index contributed by atoms with van der Waals surface area (Å²) in [7, 11) is 3.93. The predicted molar refractivity (Wildman–Crippen MR) is 126 cm³/mol. The molecule has 0 unspecified atom stereocenters. The summed E-state index contributed by atoms with van der Waals surface area (Å²) in [6.07, 6.45) is 0.539. The van der Waals surface area contributed by atoms with E-state index in [0.29, 0.717) is 29.8 Å². The number of likely N-dealkylation sites (N-methyl/N-ethyl adjacent to an activating group) is 1. The van der Waals surface area contributed by atoms with E-state index < -0.39 is 17.7 Å². The highest BCUT2D eigenvalue weighted by Gasteiger charge is 2.46. The summed E-state index contributed by atoms with van der Waals surface area (Å²) in [6.45, 7) is 2.35. The smallest absolute Gasteiger partial charge is 0.408 e. The zero-order valence-electron chi connectivity index (χ0n) is 19.0. The van der Waals surface area contributed by atoms with Crippen LogP contribution in [0.25, 0.3) is 11.1 Å². The fourth-order valence-corrected chi connectivity index (χ4v) is 4.76. The maximum atomic E-state index is 13.0. The number of nitrogens with two attached hydrogens (primary N) is 1. The number of nitrogens with zero attached hydrogens (tertiary/aromatic N) is 3. The number of oxazole rings is 1. The van der Waals surface area contributed by atoms with Crippen LogP contribution in [-0.4, -0.2) is 58.9 Å². The highest BCUT2D eigenvalue weighted by molar-refractivity contribution is 5.94. The van der Waals surface area contributed by atoms with Crippen molar-refractivity contribution >= 4 is 28.6 Å². The van der Waals surface area contributed by atoms with Gasteiger partial charge in [-0.2, -0.15) is 0 Å². The predicted octanol–water partition coefficient (Wildman–Crippen LogP) is 1.78. The molecule has 3 N–H and O–H groups in total. The second-order valence-corrected chi connectivity index (χ2v) is 8.56. The van der Waals surface area contributed by atoms with Crippen molar-refractivity contribution in [2.24, 2.45) is 5.73 Å². The van der Waals surface area contributed by atoms with Crippen LogP contribution >= 0.6 is 0 Å². The summed E-state index contributed by atoms with van der Waals surface area (Å²) in [5.74, 6) is -1.16. The Morgan fingerprint density at radius 1 is 1.18 bits per heavy atom. The molecule has 2 amide bonds. The Labute approximate surface area is 191 Å². The third kappa shape index (κ3) is 4.42. The third-order valence-electron chi connectivity index (χ3n) is 6.31. The Hall–Kier alpha value is -3.43. The topological polar surface area (TPSA) is 114 Å². The first-order chi connectivity index (χ1) is 15.8. The van der Waals surface area contributed by atoms with Crippen LogP contribution in [0.5, 0.6) is 0 Å². The molecule has 0 spiro atoms. The number of hydrogen-bond acceptors (Lipinski definition) is 6. The van der Waals surface area contributed by atoms with E-state index in [1.807, 2.05) is 56.3 Å². The van der Waals surface area contributed by atoms with Gasteiger partial charge in [0.05, 0.1) is 24.1 Å². The first-order valence-corrected chi connectivity index (χ1v) is 11.0. The van der Waals surface area contributed by atoms with Gasteiger partial charge in [0.2, 0.25) is 11.8 Å². The molecule has 2 aromatic carbocycles. The van der Waals surface area contributed by atoms with Crippen LogP contribution in [0, 0.1) is 0 Å². The molecule has 0 aliphatic carbocycles. The summed E-state index contributed by atoms with van der Waals surface area (Å²) in [6, 6.07) is 14.2. The zero-order chi connectivity index (χ0) is 23.7. The highest BCUT2D eigenvalue weighted by atomic mass is 16.4. The maximum absolute atomic E-state index is 13.0. The van der Waals surface area contributed by atoms with Gasteiger partial charge < -0.3 is 20.4 Å². The van der Waals surface area contributed by atoms with Gasteiger partial charge in [0.15, 0.2) is 5.58 Å². The first kappa shape index (κ1) is 22.8. The summed E-state index contributed by atoms with van der Waals surface area (Å²) in [5, 5.41) is 2.87.